The quantitative estimate of drug-likeness (QED) is 0.899. The molecule has 1 N–H and O–H groups in total. The Kier molecular flexibility index (Phi) is 5.00. The molecular formula is C16H18N2O4S2. The number of nitrogens with one attached hydrogen (secondary N) is 1. The third-order valence-corrected chi connectivity index (χ3v) is 6.97. The first-order valence-corrected chi connectivity index (χ1v) is 9.81. The summed E-state index contributed by atoms with van der Waals surface area (Å²) in [6.07, 6.45) is -0.824. The number of sulfonamides is 1. The second kappa shape index (κ2) is 7.02. The average molecular weight is 366 g/mol. The fraction of sp³-hybridized carbons (Fsp3) is 0.312. The fourth-order valence-electron chi connectivity index (χ4n) is 2.40. The van der Waals surface area contributed by atoms with Gasteiger partial charge in [0, 0.05) is 18.8 Å². The molecule has 3 rings (SSSR count). The van der Waals surface area contributed by atoms with Crippen LogP contribution in [0.3, 0.4) is 0 Å². The fourth-order valence-corrected chi connectivity index (χ4v) is 4.97. The molecule has 1 atom stereocenters. The van der Waals surface area contributed by atoms with E-state index in [0.717, 1.165) is 5.56 Å². The summed E-state index contributed by atoms with van der Waals surface area (Å²) in [6, 6.07) is 10.7. The van der Waals surface area contributed by atoms with Gasteiger partial charge in [-0.05, 0) is 30.5 Å². The number of carbonyl (C=O) groups excluding carboxylic acids is 1. The monoisotopic (exact) mass is 366 g/mol. The standard InChI is InChI=1S/C16H18N2O4S2/c1-12-4-6-13(7-5-12)17-16(19)14-11-18(8-9-22-14)24(20,21)15-3-2-10-23-15/h2-7,10,14H,8-9,11H2,1H3,(H,17,19)/t14-/m0/s1. The lowest BCUT2D eigenvalue weighted by Gasteiger charge is -2.31. The highest BCUT2D eigenvalue weighted by atomic mass is 32.2. The zero-order chi connectivity index (χ0) is 17.2. The number of nitrogens with zero attached hydrogens (tertiary/aromatic N) is 1. The van der Waals surface area contributed by atoms with E-state index < -0.39 is 16.1 Å². The number of thiophene rings is 1. The van der Waals surface area contributed by atoms with E-state index in [1.54, 1.807) is 29.6 Å². The summed E-state index contributed by atoms with van der Waals surface area (Å²) in [6.45, 7) is 2.41. The van der Waals surface area contributed by atoms with E-state index >= 15 is 0 Å². The Morgan fingerprint density at radius 1 is 1.29 bits per heavy atom. The van der Waals surface area contributed by atoms with E-state index in [1.165, 1.54) is 15.6 Å². The average Bonchev–Trinajstić information content (AvgIpc) is 3.12. The number of rotatable bonds is 4. The second-order valence-corrected chi connectivity index (χ2v) is 8.62. The lowest BCUT2D eigenvalue weighted by atomic mass is 10.2. The Morgan fingerprint density at radius 3 is 2.71 bits per heavy atom. The van der Waals surface area contributed by atoms with Crippen LogP contribution in [0, 0.1) is 6.92 Å². The van der Waals surface area contributed by atoms with Crippen LogP contribution in [-0.2, 0) is 19.6 Å². The van der Waals surface area contributed by atoms with Crippen LogP contribution in [0.15, 0.2) is 46.0 Å². The Hall–Kier alpha value is -1.74. The van der Waals surface area contributed by atoms with Gasteiger partial charge in [0.1, 0.15) is 10.3 Å². The lowest BCUT2D eigenvalue weighted by molar-refractivity contribution is -0.130. The molecule has 1 aromatic carbocycles. The molecule has 6 nitrogen and oxygen atoms in total. The molecule has 24 heavy (non-hydrogen) atoms. The van der Waals surface area contributed by atoms with Crippen molar-refractivity contribution in [1.29, 1.82) is 0 Å². The molecule has 2 heterocycles. The van der Waals surface area contributed by atoms with Gasteiger partial charge in [0.2, 0.25) is 0 Å². The van der Waals surface area contributed by atoms with Crippen molar-refractivity contribution in [3.05, 3.63) is 47.3 Å². The van der Waals surface area contributed by atoms with Crippen molar-refractivity contribution in [1.82, 2.24) is 4.31 Å². The number of carbonyl (C=O) groups is 1. The van der Waals surface area contributed by atoms with Gasteiger partial charge in [-0.2, -0.15) is 4.31 Å². The van der Waals surface area contributed by atoms with Gasteiger partial charge < -0.3 is 10.1 Å². The van der Waals surface area contributed by atoms with Crippen LogP contribution >= 0.6 is 11.3 Å². The summed E-state index contributed by atoms with van der Waals surface area (Å²) in [5.74, 6) is -0.343. The summed E-state index contributed by atoms with van der Waals surface area (Å²) in [4.78, 5) is 12.4. The van der Waals surface area contributed by atoms with E-state index in [-0.39, 0.29) is 29.8 Å². The first kappa shape index (κ1) is 17.1. The van der Waals surface area contributed by atoms with Crippen LogP contribution in [0.2, 0.25) is 0 Å². The predicted molar refractivity (Wildman–Crippen MR) is 92.6 cm³/mol. The molecule has 1 aromatic heterocycles. The van der Waals surface area contributed by atoms with Gasteiger partial charge in [0.25, 0.3) is 15.9 Å². The minimum Gasteiger partial charge on any atom is -0.366 e. The Bertz CT molecular complexity index is 801. The van der Waals surface area contributed by atoms with Crippen LogP contribution in [0.4, 0.5) is 5.69 Å². The minimum absolute atomic E-state index is 0.0118. The van der Waals surface area contributed by atoms with E-state index in [0.29, 0.717) is 5.69 Å². The number of ether oxygens (including phenoxy) is 1. The third kappa shape index (κ3) is 3.67. The van der Waals surface area contributed by atoms with Crippen molar-refractivity contribution in [3.63, 3.8) is 0 Å². The van der Waals surface area contributed by atoms with E-state index in [1.807, 2.05) is 19.1 Å². The van der Waals surface area contributed by atoms with Crippen LogP contribution in [-0.4, -0.2) is 44.4 Å². The molecule has 1 fully saturated rings. The molecule has 1 amide bonds. The molecule has 1 aliphatic heterocycles. The Morgan fingerprint density at radius 2 is 2.04 bits per heavy atom. The second-order valence-electron chi connectivity index (χ2n) is 5.51. The molecule has 0 bridgehead atoms. The van der Waals surface area contributed by atoms with Crippen LogP contribution in [0.1, 0.15) is 5.56 Å². The Balaban J connectivity index is 1.69. The molecular weight excluding hydrogens is 348 g/mol. The third-order valence-electron chi connectivity index (χ3n) is 3.73. The molecule has 0 radical (unpaired) electrons. The van der Waals surface area contributed by atoms with Gasteiger partial charge in [-0.3, -0.25) is 4.79 Å². The molecule has 0 unspecified atom stereocenters. The number of hydrogen-bond donors (Lipinski definition) is 1. The topological polar surface area (TPSA) is 75.7 Å². The van der Waals surface area contributed by atoms with E-state index in [2.05, 4.69) is 5.32 Å². The molecule has 8 heteroatoms. The zero-order valence-corrected chi connectivity index (χ0v) is 14.8. The van der Waals surface area contributed by atoms with Gasteiger partial charge in [0.15, 0.2) is 0 Å². The smallest absolute Gasteiger partial charge is 0.254 e. The van der Waals surface area contributed by atoms with Gasteiger partial charge in [-0.1, -0.05) is 23.8 Å². The molecule has 0 saturated carbocycles. The largest absolute Gasteiger partial charge is 0.366 e. The van der Waals surface area contributed by atoms with Crippen LogP contribution in [0.25, 0.3) is 0 Å². The van der Waals surface area contributed by atoms with E-state index in [4.69, 9.17) is 4.74 Å². The normalized spacial score (nSPS) is 19.1. The van der Waals surface area contributed by atoms with Crippen molar-refractivity contribution in [2.24, 2.45) is 0 Å². The highest BCUT2D eigenvalue weighted by Crippen LogP contribution is 2.23. The maximum atomic E-state index is 12.6. The van der Waals surface area contributed by atoms with Crippen molar-refractivity contribution in [3.8, 4) is 0 Å². The van der Waals surface area contributed by atoms with Crippen molar-refractivity contribution >= 4 is 33.0 Å². The lowest BCUT2D eigenvalue weighted by Crippen LogP contribution is -2.49. The first-order chi connectivity index (χ1) is 11.5. The number of morpholine rings is 1. The van der Waals surface area contributed by atoms with Gasteiger partial charge in [-0.15, -0.1) is 11.3 Å². The first-order valence-electron chi connectivity index (χ1n) is 7.49. The highest BCUT2D eigenvalue weighted by Gasteiger charge is 2.34. The highest BCUT2D eigenvalue weighted by molar-refractivity contribution is 7.91. The number of anilines is 1. The van der Waals surface area contributed by atoms with Crippen molar-refractivity contribution in [2.45, 2.75) is 17.2 Å². The number of aryl methyl sites for hydroxylation is 1. The van der Waals surface area contributed by atoms with Crippen LogP contribution in [0.5, 0.6) is 0 Å². The molecule has 1 saturated heterocycles. The maximum Gasteiger partial charge on any atom is 0.254 e. The number of benzene rings is 1. The Labute approximate surface area is 145 Å². The summed E-state index contributed by atoms with van der Waals surface area (Å²) in [7, 11) is -3.57. The van der Waals surface area contributed by atoms with Crippen LogP contribution < -0.4 is 5.32 Å². The predicted octanol–water partition coefficient (Wildman–Crippen LogP) is 2.08. The van der Waals surface area contributed by atoms with Gasteiger partial charge in [-0.25, -0.2) is 8.42 Å². The molecule has 0 spiro atoms. The molecule has 1 aliphatic rings. The van der Waals surface area contributed by atoms with Crippen molar-refractivity contribution < 1.29 is 17.9 Å². The molecule has 0 aliphatic carbocycles. The SMILES string of the molecule is Cc1ccc(NC(=O)[C@@H]2CN(S(=O)(=O)c3cccs3)CCO2)cc1. The molecule has 2 aromatic rings. The van der Waals surface area contributed by atoms with E-state index in [9.17, 15) is 13.2 Å². The summed E-state index contributed by atoms with van der Waals surface area (Å²) in [5.41, 5.74) is 1.75. The van der Waals surface area contributed by atoms with Gasteiger partial charge >= 0.3 is 0 Å². The zero-order valence-electron chi connectivity index (χ0n) is 13.1. The number of amides is 1. The molecule has 128 valence electrons. The minimum atomic E-state index is -3.57. The number of hydrogen-bond acceptors (Lipinski definition) is 5. The summed E-state index contributed by atoms with van der Waals surface area (Å²) in [5, 5.41) is 4.48. The maximum absolute atomic E-state index is 12.6. The van der Waals surface area contributed by atoms with Crippen molar-refractivity contribution in [2.75, 3.05) is 25.0 Å². The summed E-state index contributed by atoms with van der Waals surface area (Å²) < 4.78 is 32.2. The summed E-state index contributed by atoms with van der Waals surface area (Å²) >= 11 is 1.17. The van der Waals surface area contributed by atoms with Gasteiger partial charge in [0.05, 0.1) is 6.61 Å².